The van der Waals surface area contributed by atoms with E-state index in [-0.39, 0.29) is 17.4 Å². The van der Waals surface area contributed by atoms with Crippen LogP contribution in [0.15, 0.2) is 42.6 Å². The summed E-state index contributed by atoms with van der Waals surface area (Å²) in [5, 5.41) is 6.01. The van der Waals surface area contributed by atoms with Crippen LogP contribution in [0.2, 0.25) is 5.02 Å². The minimum atomic E-state index is -0.501. The zero-order valence-corrected chi connectivity index (χ0v) is 16.4. The predicted octanol–water partition coefficient (Wildman–Crippen LogP) is 2.61. The van der Waals surface area contributed by atoms with E-state index in [2.05, 4.69) is 40.3 Å². The molecule has 0 aliphatic carbocycles. The molecule has 2 rings (SSSR count). The van der Waals surface area contributed by atoms with Crippen molar-refractivity contribution < 1.29 is 9.59 Å². The molecule has 0 atom stereocenters. The topological polar surface area (TPSA) is 95.1 Å². The van der Waals surface area contributed by atoms with Crippen LogP contribution >= 0.6 is 23.8 Å². The van der Waals surface area contributed by atoms with Gasteiger partial charge < -0.3 is 10.6 Å². The molecule has 27 heavy (non-hydrogen) atoms. The largest absolute Gasteiger partial charge is 0.342 e. The van der Waals surface area contributed by atoms with Crippen molar-refractivity contribution in [2.45, 2.75) is 19.8 Å². The average Bonchev–Trinajstić information content (AvgIpc) is 2.64. The molecular weight excluding hydrogens is 386 g/mol. The minimum absolute atomic E-state index is 0.130. The summed E-state index contributed by atoms with van der Waals surface area (Å²) in [7, 11) is 0. The van der Waals surface area contributed by atoms with E-state index in [1.807, 2.05) is 24.3 Å². The van der Waals surface area contributed by atoms with Gasteiger partial charge >= 0.3 is 0 Å². The van der Waals surface area contributed by atoms with Crippen LogP contribution in [0, 0.1) is 0 Å². The zero-order valence-electron chi connectivity index (χ0n) is 14.9. The van der Waals surface area contributed by atoms with Crippen molar-refractivity contribution in [1.82, 2.24) is 21.2 Å². The second-order valence-corrected chi connectivity index (χ2v) is 6.79. The summed E-state index contributed by atoms with van der Waals surface area (Å²) in [5.74, 6) is -0.524. The number of benzene rings is 1. The van der Waals surface area contributed by atoms with Crippen LogP contribution < -0.4 is 21.5 Å². The normalized spacial score (nSPS) is 10.2. The average molecular weight is 406 g/mol. The van der Waals surface area contributed by atoms with E-state index < -0.39 is 11.8 Å². The number of aromatic nitrogens is 1. The molecule has 0 saturated heterocycles. The van der Waals surface area contributed by atoms with Crippen molar-refractivity contribution in [2.75, 3.05) is 11.9 Å². The first-order chi connectivity index (χ1) is 12.8. The third-order valence-electron chi connectivity index (χ3n) is 3.51. The van der Waals surface area contributed by atoms with Gasteiger partial charge in [-0.3, -0.25) is 25.4 Å². The monoisotopic (exact) mass is 405 g/mol. The zero-order chi connectivity index (χ0) is 19.8. The van der Waals surface area contributed by atoms with Crippen molar-refractivity contribution in [3.8, 4) is 0 Å². The molecule has 2 amide bonds. The number of amides is 2. The maximum absolute atomic E-state index is 11.9. The highest BCUT2D eigenvalue weighted by molar-refractivity contribution is 7.80. The van der Waals surface area contributed by atoms with Crippen molar-refractivity contribution in [3.05, 3.63) is 58.9 Å². The molecule has 0 radical (unpaired) electrons. The highest BCUT2D eigenvalue weighted by atomic mass is 35.5. The van der Waals surface area contributed by atoms with E-state index >= 15 is 0 Å². The number of carbonyl (C=O) groups excluding carboxylic acids is 2. The molecule has 0 saturated carbocycles. The third kappa shape index (κ3) is 6.84. The second-order valence-electron chi connectivity index (χ2n) is 5.95. The lowest BCUT2D eigenvalue weighted by Crippen LogP contribution is -2.47. The second kappa shape index (κ2) is 9.84. The van der Waals surface area contributed by atoms with Gasteiger partial charge in [0, 0.05) is 16.9 Å². The molecule has 1 heterocycles. The number of carbonyl (C=O) groups is 2. The Kier molecular flexibility index (Phi) is 7.51. The Morgan fingerprint density at radius 1 is 1.15 bits per heavy atom. The van der Waals surface area contributed by atoms with Gasteiger partial charge in [0.2, 0.25) is 0 Å². The summed E-state index contributed by atoms with van der Waals surface area (Å²) in [6.07, 6.45) is 1.41. The summed E-state index contributed by atoms with van der Waals surface area (Å²) in [5.41, 5.74) is 7.12. The lowest BCUT2D eigenvalue weighted by atomic mass is 10.0. The van der Waals surface area contributed by atoms with Gasteiger partial charge in [0.15, 0.2) is 5.11 Å². The number of thiocarbonyl (C=S) groups is 1. The highest BCUT2D eigenvalue weighted by Crippen LogP contribution is 2.16. The molecule has 0 bridgehead atoms. The summed E-state index contributed by atoms with van der Waals surface area (Å²) < 4.78 is 0. The molecule has 0 unspecified atom stereocenters. The number of pyridine rings is 1. The fourth-order valence-corrected chi connectivity index (χ4v) is 2.39. The standard InChI is InChI=1S/C18H20ClN5O2S/c1-11(2)12-3-5-14(6-4-12)22-18(27)24-23-16(25)10-21-17(26)15-9-13(19)7-8-20-15/h3-9,11H,10H2,1-2H3,(H,21,26)(H,23,25)(H2,22,24,27). The van der Waals surface area contributed by atoms with Crippen LogP contribution in [-0.4, -0.2) is 28.5 Å². The molecule has 1 aromatic heterocycles. The van der Waals surface area contributed by atoms with Gasteiger partial charge in [0.25, 0.3) is 11.8 Å². The summed E-state index contributed by atoms with van der Waals surface area (Å²) >= 11 is 10.9. The molecule has 2 aromatic rings. The SMILES string of the molecule is CC(C)c1ccc(NC(=S)NNC(=O)CNC(=O)c2cc(Cl)ccn2)cc1. The fraction of sp³-hybridized carbons (Fsp3) is 0.222. The molecular formula is C18H20ClN5O2S. The van der Waals surface area contributed by atoms with Crippen molar-refractivity contribution in [1.29, 1.82) is 0 Å². The molecule has 9 heteroatoms. The Hall–Kier alpha value is -2.71. The van der Waals surface area contributed by atoms with E-state index in [9.17, 15) is 9.59 Å². The maximum atomic E-state index is 11.9. The Bertz CT molecular complexity index is 827. The van der Waals surface area contributed by atoms with Crippen LogP contribution in [0.3, 0.4) is 0 Å². The molecule has 7 nitrogen and oxygen atoms in total. The number of anilines is 1. The van der Waals surface area contributed by atoms with E-state index in [0.717, 1.165) is 5.69 Å². The van der Waals surface area contributed by atoms with Crippen molar-refractivity contribution in [3.63, 3.8) is 0 Å². The van der Waals surface area contributed by atoms with Gasteiger partial charge in [-0.15, -0.1) is 0 Å². The Morgan fingerprint density at radius 3 is 2.48 bits per heavy atom. The van der Waals surface area contributed by atoms with Crippen LogP contribution in [0.1, 0.15) is 35.8 Å². The van der Waals surface area contributed by atoms with Crippen LogP contribution in [-0.2, 0) is 4.79 Å². The molecule has 0 spiro atoms. The summed E-state index contributed by atoms with van der Waals surface area (Å²) in [4.78, 5) is 27.6. The van der Waals surface area contributed by atoms with Gasteiger partial charge in [0.1, 0.15) is 5.69 Å². The molecule has 1 aromatic carbocycles. The third-order valence-corrected chi connectivity index (χ3v) is 3.95. The molecule has 0 aliphatic heterocycles. The number of hydrazine groups is 1. The predicted molar refractivity (Wildman–Crippen MR) is 110 cm³/mol. The lowest BCUT2D eigenvalue weighted by molar-refractivity contribution is -0.120. The first-order valence-electron chi connectivity index (χ1n) is 8.20. The molecule has 0 aliphatic rings. The first-order valence-corrected chi connectivity index (χ1v) is 8.99. The summed E-state index contributed by atoms with van der Waals surface area (Å²) in [6, 6.07) is 10.8. The lowest BCUT2D eigenvalue weighted by Gasteiger charge is -2.13. The van der Waals surface area contributed by atoms with Crippen LogP contribution in [0.5, 0.6) is 0 Å². The number of hydrogen-bond acceptors (Lipinski definition) is 4. The Labute approximate surface area is 167 Å². The smallest absolute Gasteiger partial charge is 0.270 e. The molecule has 4 N–H and O–H groups in total. The minimum Gasteiger partial charge on any atom is -0.342 e. The van der Waals surface area contributed by atoms with Gasteiger partial charge in [-0.25, -0.2) is 0 Å². The van der Waals surface area contributed by atoms with Crippen molar-refractivity contribution >= 4 is 46.4 Å². The van der Waals surface area contributed by atoms with Crippen LogP contribution in [0.4, 0.5) is 5.69 Å². The number of hydrogen-bond donors (Lipinski definition) is 4. The summed E-state index contributed by atoms with van der Waals surface area (Å²) in [6.45, 7) is 3.99. The highest BCUT2D eigenvalue weighted by Gasteiger charge is 2.10. The maximum Gasteiger partial charge on any atom is 0.270 e. The number of halogens is 1. The van der Waals surface area contributed by atoms with E-state index in [0.29, 0.717) is 10.9 Å². The van der Waals surface area contributed by atoms with Crippen molar-refractivity contribution in [2.24, 2.45) is 0 Å². The van der Waals surface area contributed by atoms with Crippen LogP contribution in [0.25, 0.3) is 0 Å². The molecule has 142 valence electrons. The number of nitrogens with zero attached hydrogens (tertiary/aromatic N) is 1. The van der Waals surface area contributed by atoms with E-state index in [4.69, 9.17) is 23.8 Å². The Morgan fingerprint density at radius 2 is 1.85 bits per heavy atom. The van der Waals surface area contributed by atoms with Gasteiger partial charge in [-0.2, -0.15) is 0 Å². The first kappa shape index (κ1) is 20.6. The molecule has 0 fully saturated rings. The quantitative estimate of drug-likeness (QED) is 0.451. The number of nitrogens with one attached hydrogen (secondary N) is 4. The fourth-order valence-electron chi connectivity index (χ4n) is 2.06. The number of rotatable bonds is 5. The van der Waals surface area contributed by atoms with E-state index in [1.54, 1.807) is 6.07 Å². The van der Waals surface area contributed by atoms with Gasteiger partial charge in [-0.1, -0.05) is 37.6 Å². The van der Waals surface area contributed by atoms with E-state index in [1.165, 1.54) is 17.8 Å². The Balaban J connectivity index is 1.73. The van der Waals surface area contributed by atoms with Gasteiger partial charge in [0.05, 0.1) is 6.54 Å². The van der Waals surface area contributed by atoms with Gasteiger partial charge in [-0.05, 0) is 48.0 Å².